The van der Waals surface area contributed by atoms with Crippen molar-refractivity contribution in [1.82, 2.24) is 4.98 Å². The van der Waals surface area contributed by atoms with Crippen molar-refractivity contribution in [1.29, 1.82) is 0 Å². The zero-order chi connectivity index (χ0) is 31.1. The smallest absolute Gasteiger partial charge is 0.305 e. The number of fused-ring (bicyclic) bond motifs is 9. The quantitative estimate of drug-likeness (QED) is 0.217. The number of thiazole rings is 1. The number of nitrogens with one attached hydrogen (secondary N) is 1. The van der Waals surface area contributed by atoms with E-state index in [1.165, 1.54) is 40.5 Å². The molecule has 12 heteroatoms. The Morgan fingerprint density at radius 2 is 1.71 bits per heavy atom. The van der Waals surface area contributed by atoms with Gasteiger partial charge in [-0.05, 0) is 78.3 Å². The van der Waals surface area contributed by atoms with E-state index in [1.807, 2.05) is 24.3 Å². The van der Waals surface area contributed by atoms with Gasteiger partial charge in [-0.15, -0.1) is 11.8 Å². The van der Waals surface area contributed by atoms with Gasteiger partial charge in [0.15, 0.2) is 11.5 Å². The van der Waals surface area contributed by atoms with E-state index in [2.05, 4.69) is 4.98 Å². The second-order valence-corrected chi connectivity index (χ2v) is 14.9. The Morgan fingerprint density at radius 3 is 2.44 bits per heavy atom. The summed E-state index contributed by atoms with van der Waals surface area (Å²) in [7, 11) is 1.58. The molecular formula is C33H25Cl2FN2O5S2. The number of carbonyl (C=O) groups excluding carboxylic acids is 2. The zero-order valence-electron chi connectivity index (χ0n) is 23.7. The predicted molar refractivity (Wildman–Crippen MR) is 171 cm³/mol. The fraction of sp³-hybridized carbons (Fsp3) is 0.303. The molecule has 2 aliphatic heterocycles. The van der Waals surface area contributed by atoms with E-state index in [9.17, 15) is 18.8 Å². The van der Waals surface area contributed by atoms with Crippen molar-refractivity contribution in [2.45, 2.75) is 29.2 Å². The number of rotatable bonds is 6. The molecule has 1 N–H and O–H groups in total. The van der Waals surface area contributed by atoms with Crippen LogP contribution >= 0.6 is 46.3 Å². The summed E-state index contributed by atoms with van der Waals surface area (Å²) in [5.41, 5.74) is 2.13. The van der Waals surface area contributed by atoms with Crippen molar-refractivity contribution in [3.05, 3.63) is 102 Å². The minimum Gasteiger partial charge on any atom is -0.493 e. The zero-order valence-corrected chi connectivity index (χ0v) is 26.8. The first-order chi connectivity index (χ1) is 21.7. The Kier molecular flexibility index (Phi) is 7.05. The number of hydrogen-bond acceptors (Lipinski definition) is 7. The molecule has 4 aliphatic rings. The molecule has 3 heterocycles. The molecule has 2 amide bonds. The van der Waals surface area contributed by atoms with Gasteiger partial charge < -0.3 is 14.5 Å². The number of anilines is 1. The Labute approximate surface area is 275 Å². The van der Waals surface area contributed by atoms with Gasteiger partial charge in [0, 0.05) is 31.7 Å². The number of hydrogen-bond donors (Lipinski definition) is 1. The van der Waals surface area contributed by atoms with Crippen LogP contribution in [0.4, 0.5) is 10.1 Å². The van der Waals surface area contributed by atoms with Crippen molar-refractivity contribution >= 4 is 63.8 Å². The molecule has 2 bridgehead atoms. The Hall–Kier alpha value is -3.31. The van der Waals surface area contributed by atoms with E-state index in [0.29, 0.717) is 27.2 Å². The Morgan fingerprint density at radius 1 is 0.956 bits per heavy atom. The van der Waals surface area contributed by atoms with Crippen LogP contribution in [0, 0.1) is 35.4 Å². The van der Waals surface area contributed by atoms with Crippen molar-refractivity contribution in [3.63, 3.8) is 0 Å². The number of ether oxygens (including phenoxy) is 2. The number of halogens is 3. The van der Waals surface area contributed by atoms with Gasteiger partial charge in [0.1, 0.15) is 12.4 Å². The van der Waals surface area contributed by atoms with E-state index in [1.54, 1.807) is 31.0 Å². The van der Waals surface area contributed by atoms with Crippen LogP contribution in [0.1, 0.15) is 28.3 Å². The Balaban J connectivity index is 1.14. The Bertz CT molecular complexity index is 1930. The van der Waals surface area contributed by atoms with E-state index < -0.39 is 17.7 Å². The topological polar surface area (TPSA) is 88.7 Å². The summed E-state index contributed by atoms with van der Waals surface area (Å²) in [6.07, 6.45) is 0.766. The first kappa shape index (κ1) is 29.1. The van der Waals surface area contributed by atoms with Gasteiger partial charge in [0.05, 0.1) is 29.7 Å². The number of H-pyrrole nitrogens is 1. The second kappa shape index (κ2) is 10.9. The summed E-state index contributed by atoms with van der Waals surface area (Å²) in [5, 5.41) is 1.91. The lowest BCUT2D eigenvalue weighted by Crippen LogP contribution is -2.42. The van der Waals surface area contributed by atoms with Crippen molar-refractivity contribution in [3.8, 4) is 11.5 Å². The molecule has 1 saturated heterocycles. The number of aromatic nitrogens is 1. The molecule has 2 saturated carbocycles. The summed E-state index contributed by atoms with van der Waals surface area (Å²) in [6.45, 7) is 0.216. The summed E-state index contributed by atoms with van der Waals surface area (Å²) >= 11 is 15.2. The molecule has 0 spiro atoms. The van der Waals surface area contributed by atoms with Crippen LogP contribution in [0.3, 0.4) is 0 Å². The first-order valence-corrected chi connectivity index (χ1v) is 17.0. The number of benzene rings is 3. The minimum atomic E-state index is -0.456. The van der Waals surface area contributed by atoms with Gasteiger partial charge in [-0.25, -0.2) is 4.39 Å². The SMILES string of the molecule is COc1cc(C2c3sc(=O)[nH]c3SC3C2[C@H]2C[C@@H]3C3C(=O)N(c4ccc(F)cc4)C(=O)C32)ccc1OCc1ccc(Cl)cc1Cl. The maximum atomic E-state index is 13.9. The molecule has 0 radical (unpaired) electrons. The van der Waals surface area contributed by atoms with Gasteiger partial charge in [0.2, 0.25) is 11.8 Å². The molecule has 2 aliphatic carbocycles. The van der Waals surface area contributed by atoms with E-state index in [-0.39, 0.29) is 52.2 Å². The van der Waals surface area contributed by atoms with Crippen LogP contribution in [-0.2, 0) is 16.2 Å². The highest BCUT2D eigenvalue weighted by Gasteiger charge is 2.69. The van der Waals surface area contributed by atoms with Crippen molar-refractivity contribution in [2.75, 3.05) is 12.0 Å². The molecule has 7 atom stereocenters. The largest absolute Gasteiger partial charge is 0.493 e. The summed E-state index contributed by atoms with van der Waals surface area (Å²) in [4.78, 5) is 45.4. The van der Waals surface area contributed by atoms with Crippen LogP contribution in [-0.4, -0.2) is 29.2 Å². The number of methoxy groups -OCH3 is 1. The third-order valence-corrected chi connectivity index (χ3v) is 12.9. The van der Waals surface area contributed by atoms with Crippen LogP contribution in [0.5, 0.6) is 11.5 Å². The second-order valence-electron chi connectivity index (χ2n) is 11.9. The monoisotopic (exact) mass is 682 g/mol. The lowest BCUT2D eigenvalue weighted by molar-refractivity contribution is -0.123. The molecule has 3 fully saturated rings. The highest BCUT2D eigenvalue weighted by Crippen LogP contribution is 2.68. The fourth-order valence-corrected chi connectivity index (χ4v) is 11.4. The van der Waals surface area contributed by atoms with Gasteiger partial charge in [-0.2, -0.15) is 0 Å². The number of thioether (sulfide) groups is 1. The molecule has 3 aromatic carbocycles. The third kappa shape index (κ3) is 4.55. The predicted octanol–water partition coefficient (Wildman–Crippen LogP) is 7.15. The standard InChI is InChI=1S/C33H25Cl2FN2O5S2/c1-42-23-10-14(3-9-22(23)43-13-15-2-4-16(34)11-21(15)35)24-25-19-12-20(28(25)44-30-29(24)45-33(41)37-30)27-26(19)31(39)38(32(27)40)18-7-5-17(36)6-8-18/h2-11,19-20,24-28H,12-13H2,1H3,(H,37,41)/t19-,20-,24?,25?,26?,27?,28?/m1/s1. The maximum Gasteiger partial charge on any atom is 0.305 e. The lowest BCUT2D eigenvalue weighted by Gasteiger charge is -2.43. The number of amides is 2. The number of nitrogens with zero attached hydrogens (tertiary/aromatic N) is 1. The van der Waals surface area contributed by atoms with Gasteiger partial charge in [-0.1, -0.05) is 46.7 Å². The maximum absolute atomic E-state index is 13.9. The normalized spacial score (nSPS) is 27.8. The third-order valence-electron chi connectivity index (χ3n) is 9.75. The van der Waals surface area contributed by atoms with Crippen molar-refractivity contribution < 1.29 is 23.5 Å². The fourth-order valence-electron chi connectivity index (χ4n) is 8.03. The van der Waals surface area contributed by atoms with E-state index in [0.717, 1.165) is 27.5 Å². The molecule has 45 heavy (non-hydrogen) atoms. The highest BCUT2D eigenvalue weighted by molar-refractivity contribution is 8.00. The summed E-state index contributed by atoms with van der Waals surface area (Å²) in [5.74, 6) is -0.908. The van der Waals surface area contributed by atoms with Crippen LogP contribution in [0.15, 0.2) is 70.5 Å². The molecule has 5 unspecified atom stereocenters. The molecule has 4 aromatic rings. The number of imide groups is 1. The van der Waals surface area contributed by atoms with Crippen LogP contribution in [0.25, 0.3) is 0 Å². The van der Waals surface area contributed by atoms with Crippen molar-refractivity contribution in [2.24, 2.45) is 29.6 Å². The average Bonchev–Trinajstić information content (AvgIpc) is 3.76. The molecule has 8 rings (SSSR count). The van der Waals surface area contributed by atoms with Crippen LogP contribution < -0.4 is 19.2 Å². The number of aromatic amines is 1. The molecule has 1 aromatic heterocycles. The van der Waals surface area contributed by atoms with E-state index >= 15 is 0 Å². The number of carbonyl (C=O) groups is 2. The molecule has 230 valence electrons. The average molecular weight is 684 g/mol. The van der Waals surface area contributed by atoms with Gasteiger partial charge >= 0.3 is 4.87 Å². The van der Waals surface area contributed by atoms with Gasteiger partial charge in [-0.3, -0.25) is 19.3 Å². The van der Waals surface area contributed by atoms with Crippen LogP contribution in [0.2, 0.25) is 10.0 Å². The summed E-state index contributed by atoms with van der Waals surface area (Å²) in [6, 6.07) is 16.5. The minimum absolute atomic E-state index is 0.0227. The first-order valence-electron chi connectivity index (χ1n) is 14.5. The lowest BCUT2D eigenvalue weighted by atomic mass is 9.68. The molecular weight excluding hydrogens is 658 g/mol. The summed E-state index contributed by atoms with van der Waals surface area (Å²) < 4.78 is 25.5. The molecule has 7 nitrogen and oxygen atoms in total. The highest BCUT2D eigenvalue weighted by atomic mass is 35.5. The van der Waals surface area contributed by atoms with E-state index in [4.69, 9.17) is 32.7 Å². The van der Waals surface area contributed by atoms with Gasteiger partial charge in [0.25, 0.3) is 0 Å².